The van der Waals surface area contributed by atoms with Gasteiger partial charge in [-0.05, 0) is 48.1 Å². The molecular formula is C29H28F3N5O3. The van der Waals surface area contributed by atoms with Gasteiger partial charge in [-0.3, -0.25) is 19.2 Å². The van der Waals surface area contributed by atoms with Crippen molar-refractivity contribution in [2.24, 2.45) is 11.1 Å². The maximum Gasteiger partial charge on any atom is 0.418 e. The molecule has 2 saturated heterocycles. The van der Waals surface area contributed by atoms with Crippen molar-refractivity contribution in [2.75, 3.05) is 31.7 Å². The number of benzene rings is 2. The van der Waals surface area contributed by atoms with E-state index in [0.717, 1.165) is 24.6 Å². The van der Waals surface area contributed by atoms with Crippen LogP contribution in [0.4, 0.5) is 13.2 Å². The number of primary amides is 1. The summed E-state index contributed by atoms with van der Waals surface area (Å²) in [6.07, 6.45) is -2.02. The molecule has 2 aliphatic rings. The number of carbonyl (C=O) groups excluding carboxylic acids is 2. The molecule has 2 aliphatic heterocycles. The molecule has 2 atom stereocenters. The second kappa shape index (κ2) is 9.22. The van der Waals surface area contributed by atoms with Gasteiger partial charge in [0.2, 0.25) is 5.91 Å². The van der Waals surface area contributed by atoms with Gasteiger partial charge in [0.05, 0.1) is 22.0 Å². The van der Waals surface area contributed by atoms with E-state index in [4.69, 9.17) is 5.73 Å². The molecule has 40 heavy (non-hydrogen) atoms. The molecule has 8 nitrogen and oxygen atoms in total. The molecular weight excluding hydrogens is 523 g/mol. The van der Waals surface area contributed by atoms with Crippen LogP contribution in [0.5, 0.6) is 0 Å². The molecule has 2 fully saturated rings. The van der Waals surface area contributed by atoms with Gasteiger partial charge in [0.25, 0.3) is 5.91 Å². The number of pyridine rings is 1. The van der Waals surface area contributed by atoms with Gasteiger partial charge >= 0.3 is 6.18 Å². The predicted molar refractivity (Wildman–Crippen MR) is 144 cm³/mol. The van der Waals surface area contributed by atoms with E-state index < -0.39 is 23.6 Å². The monoisotopic (exact) mass is 551 g/mol. The van der Waals surface area contributed by atoms with E-state index in [9.17, 15) is 27.9 Å². The fraction of sp³-hybridized carbons (Fsp3) is 0.345. The van der Waals surface area contributed by atoms with Gasteiger partial charge in [-0.1, -0.05) is 30.3 Å². The largest absolute Gasteiger partial charge is 0.418 e. The van der Waals surface area contributed by atoms with E-state index in [2.05, 4.69) is 9.99 Å². The number of nitrogens with zero attached hydrogens (tertiary/aromatic N) is 4. The average Bonchev–Trinajstić information content (AvgIpc) is 3.41. The Bertz CT molecular complexity index is 1660. The summed E-state index contributed by atoms with van der Waals surface area (Å²) in [6, 6.07) is 11.2. The number of fused-ring (bicyclic) bond motifs is 3. The van der Waals surface area contributed by atoms with Crippen molar-refractivity contribution < 1.29 is 27.9 Å². The van der Waals surface area contributed by atoms with Crippen molar-refractivity contribution in [1.29, 1.82) is 0 Å². The third-order valence-corrected chi connectivity index (χ3v) is 8.32. The third kappa shape index (κ3) is 4.07. The molecule has 0 aliphatic carbocycles. The van der Waals surface area contributed by atoms with E-state index in [-0.39, 0.29) is 17.0 Å². The van der Waals surface area contributed by atoms with Gasteiger partial charge in [-0.2, -0.15) is 13.2 Å². The number of hydrogen-bond donors (Lipinski definition) is 2. The van der Waals surface area contributed by atoms with Crippen LogP contribution in [0.3, 0.4) is 0 Å². The van der Waals surface area contributed by atoms with Crippen LogP contribution in [0.1, 0.15) is 41.3 Å². The lowest BCUT2D eigenvalue weighted by atomic mass is 9.79. The Morgan fingerprint density at radius 2 is 1.85 bits per heavy atom. The second-order valence-corrected chi connectivity index (χ2v) is 10.8. The van der Waals surface area contributed by atoms with Crippen LogP contribution in [0, 0.1) is 5.41 Å². The topological polar surface area (TPSA) is 105 Å². The van der Waals surface area contributed by atoms with Crippen molar-refractivity contribution in [2.45, 2.75) is 31.5 Å². The maximum atomic E-state index is 13.2. The van der Waals surface area contributed by atoms with Crippen LogP contribution in [0.15, 0.2) is 54.9 Å². The fourth-order valence-corrected chi connectivity index (χ4v) is 6.32. The van der Waals surface area contributed by atoms with E-state index >= 15 is 0 Å². The lowest BCUT2D eigenvalue weighted by Crippen LogP contribution is -2.51. The minimum Gasteiger partial charge on any atom is -0.379 e. The Labute approximate surface area is 227 Å². The summed E-state index contributed by atoms with van der Waals surface area (Å²) < 4.78 is 41.5. The minimum atomic E-state index is -4.79. The van der Waals surface area contributed by atoms with Crippen molar-refractivity contribution in [3.05, 3.63) is 66.0 Å². The van der Waals surface area contributed by atoms with E-state index in [0.29, 0.717) is 47.2 Å². The van der Waals surface area contributed by atoms with Crippen LogP contribution >= 0.6 is 0 Å². The van der Waals surface area contributed by atoms with E-state index in [1.807, 2.05) is 23.9 Å². The van der Waals surface area contributed by atoms with Gasteiger partial charge in [0.1, 0.15) is 0 Å². The minimum absolute atomic E-state index is 0.107. The van der Waals surface area contributed by atoms with Crippen LogP contribution in [0.2, 0.25) is 0 Å². The number of amides is 2. The number of alkyl halides is 3. The first-order valence-electron chi connectivity index (χ1n) is 13.1. The Hall–Kier alpha value is -4.12. The first-order valence-corrected chi connectivity index (χ1v) is 13.1. The molecule has 4 heterocycles. The molecule has 11 heteroatoms. The smallest absolute Gasteiger partial charge is 0.379 e. The Kier molecular flexibility index (Phi) is 6.02. The molecule has 0 bridgehead atoms. The molecule has 6 rings (SSSR count). The Morgan fingerprint density at radius 3 is 2.55 bits per heavy atom. The number of rotatable bonds is 4. The second-order valence-electron chi connectivity index (χ2n) is 10.8. The Morgan fingerprint density at radius 1 is 1.07 bits per heavy atom. The van der Waals surface area contributed by atoms with E-state index in [1.54, 1.807) is 23.2 Å². The van der Waals surface area contributed by atoms with Gasteiger partial charge in [-0.25, -0.2) is 0 Å². The SMILES string of the molecule is CN1CC[C@@]2(CCCN(n3c4cc(-c5cccc(C(O)C(F)(F)F)c5)ccc4c4cncc(C(N)=O)c43)C2)C1=O. The zero-order valence-corrected chi connectivity index (χ0v) is 21.8. The molecule has 2 amide bonds. The maximum absolute atomic E-state index is 13.2. The van der Waals surface area contributed by atoms with Crippen molar-refractivity contribution in [3.8, 4) is 11.1 Å². The highest BCUT2D eigenvalue weighted by Crippen LogP contribution is 2.42. The highest BCUT2D eigenvalue weighted by atomic mass is 19.4. The highest BCUT2D eigenvalue weighted by molar-refractivity contribution is 6.15. The van der Waals surface area contributed by atoms with Crippen LogP contribution in [-0.4, -0.2) is 64.3 Å². The summed E-state index contributed by atoms with van der Waals surface area (Å²) in [6.45, 7) is 1.77. The molecule has 1 unspecified atom stereocenters. The molecule has 2 aromatic heterocycles. The lowest BCUT2D eigenvalue weighted by Gasteiger charge is -2.41. The average molecular weight is 552 g/mol. The van der Waals surface area contributed by atoms with Crippen LogP contribution in [0.25, 0.3) is 32.9 Å². The van der Waals surface area contributed by atoms with Gasteiger partial charge in [0.15, 0.2) is 6.10 Å². The zero-order chi connectivity index (χ0) is 28.4. The molecule has 1 spiro atoms. The van der Waals surface area contributed by atoms with E-state index in [1.165, 1.54) is 24.4 Å². The molecule has 0 radical (unpaired) electrons. The third-order valence-electron chi connectivity index (χ3n) is 8.32. The lowest BCUT2D eigenvalue weighted by molar-refractivity contribution is -0.206. The normalized spacial score (nSPS) is 20.7. The first kappa shape index (κ1) is 26.1. The molecule has 4 aromatic rings. The number of halogens is 3. The van der Waals surface area contributed by atoms with Gasteiger partial charge in [-0.15, -0.1) is 0 Å². The summed E-state index contributed by atoms with van der Waals surface area (Å²) in [5.41, 5.74) is 7.63. The highest BCUT2D eigenvalue weighted by Gasteiger charge is 2.48. The van der Waals surface area contributed by atoms with Gasteiger partial charge in [0, 0.05) is 49.8 Å². The molecule has 2 aromatic carbocycles. The molecule has 208 valence electrons. The molecule has 0 saturated carbocycles. The number of carbonyl (C=O) groups is 2. The fourth-order valence-electron chi connectivity index (χ4n) is 6.32. The number of aliphatic hydroxyl groups excluding tert-OH is 1. The van der Waals surface area contributed by atoms with Crippen LogP contribution in [-0.2, 0) is 4.79 Å². The van der Waals surface area contributed by atoms with Crippen molar-refractivity contribution in [3.63, 3.8) is 0 Å². The molecule has 3 N–H and O–H groups in total. The standard InChI is InChI=1S/C29H28F3N5O3/c1-35-11-9-28(27(35)40)8-3-10-36(16-28)37-23-13-18(17-4-2-5-19(12-17)25(38)29(30,31)32)6-7-20(23)21-14-34-15-22(24(21)37)26(33)39/h2,4-7,12-15,25,38H,3,8-11,16H2,1H3,(H2,33,39)/t25?,28-/m1/s1. The number of aliphatic hydroxyl groups is 1. The number of hydrogen-bond acceptors (Lipinski definition) is 5. The first-order chi connectivity index (χ1) is 19.0. The summed E-state index contributed by atoms with van der Waals surface area (Å²) in [4.78, 5) is 31.7. The Balaban J connectivity index is 1.55. The quantitative estimate of drug-likeness (QED) is 0.397. The number of piperidine rings is 1. The summed E-state index contributed by atoms with van der Waals surface area (Å²) in [5, 5.41) is 13.4. The van der Waals surface area contributed by atoms with Crippen molar-refractivity contribution in [1.82, 2.24) is 14.6 Å². The number of nitrogens with two attached hydrogens (primary N) is 1. The summed E-state index contributed by atoms with van der Waals surface area (Å²) >= 11 is 0. The predicted octanol–water partition coefficient (Wildman–Crippen LogP) is 4.13. The van der Waals surface area contributed by atoms with Crippen LogP contribution < -0.4 is 10.7 Å². The summed E-state index contributed by atoms with van der Waals surface area (Å²) in [5.74, 6) is -0.532. The van der Waals surface area contributed by atoms with Gasteiger partial charge < -0.3 is 20.7 Å². The van der Waals surface area contributed by atoms with Crippen molar-refractivity contribution >= 4 is 33.6 Å². The zero-order valence-electron chi connectivity index (χ0n) is 21.8. The number of aromatic nitrogens is 2. The summed E-state index contributed by atoms with van der Waals surface area (Å²) in [7, 11) is 1.81. The number of likely N-dealkylation sites (tertiary alicyclic amines) is 1.